The lowest BCUT2D eigenvalue weighted by Crippen LogP contribution is -2.33. The van der Waals surface area contributed by atoms with Gasteiger partial charge in [0.25, 0.3) is 5.91 Å². The topological polar surface area (TPSA) is 100 Å². The maximum atomic E-state index is 13.0. The summed E-state index contributed by atoms with van der Waals surface area (Å²) in [5, 5.41) is 13.6. The minimum absolute atomic E-state index is 0.0331. The molecule has 0 bridgehead atoms. The summed E-state index contributed by atoms with van der Waals surface area (Å²) in [6, 6.07) is 9.03. The lowest BCUT2D eigenvalue weighted by atomic mass is 10.2. The van der Waals surface area contributed by atoms with Crippen LogP contribution in [-0.4, -0.2) is 44.5 Å². The summed E-state index contributed by atoms with van der Waals surface area (Å²) < 4.78 is 13.0. The minimum atomic E-state index is -0.385. The molecule has 1 saturated heterocycles. The summed E-state index contributed by atoms with van der Waals surface area (Å²) in [5.41, 5.74) is 2.78. The first-order valence-corrected chi connectivity index (χ1v) is 9.80. The highest BCUT2D eigenvalue weighted by atomic mass is 32.1. The van der Waals surface area contributed by atoms with E-state index in [1.165, 1.54) is 35.2 Å². The quantitative estimate of drug-likeness (QED) is 0.645. The summed E-state index contributed by atoms with van der Waals surface area (Å²) >= 11 is 1.22. The third-order valence-electron chi connectivity index (χ3n) is 4.51. The molecule has 1 unspecified atom stereocenters. The molecule has 1 fully saturated rings. The van der Waals surface area contributed by atoms with Crippen molar-refractivity contribution in [1.29, 1.82) is 0 Å². The highest BCUT2D eigenvalue weighted by molar-refractivity contribution is 7.13. The molecule has 2 amide bonds. The van der Waals surface area contributed by atoms with Gasteiger partial charge in [-0.2, -0.15) is 0 Å². The van der Waals surface area contributed by atoms with Gasteiger partial charge < -0.3 is 10.2 Å². The van der Waals surface area contributed by atoms with Crippen LogP contribution in [0, 0.1) is 5.82 Å². The average molecular weight is 412 g/mol. The Balaban J connectivity index is 1.33. The molecule has 0 radical (unpaired) electrons. The number of likely N-dealkylation sites (tertiary alicyclic amines) is 1. The molecule has 10 heteroatoms. The smallest absolute Gasteiger partial charge is 0.259 e. The Labute approximate surface area is 169 Å². The molecule has 2 aromatic heterocycles. The van der Waals surface area contributed by atoms with E-state index in [0.717, 1.165) is 5.56 Å². The van der Waals surface area contributed by atoms with Gasteiger partial charge in [-0.1, -0.05) is 23.5 Å². The van der Waals surface area contributed by atoms with Crippen LogP contribution >= 0.6 is 11.3 Å². The molecule has 3 aromatic rings. The van der Waals surface area contributed by atoms with Gasteiger partial charge in [-0.25, -0.2) is 9.37 Å². The number of aromatic nitrogens is 3. The van der Waals surface area contributed by atoms with Crippen LogP contribution < -0.4 is 10.6 Å². The van der Waals surface area contributed by atoms with Crippen molar-refractivity contribution in [1.82, 2.24) is 20.1 Å². The lowest BCUT2D eigenvalue weighted by Gasteiger charge is -2.17. The number of nitrogens with one attached hydrogen (secondary N) is 2. The number of hydrogen-bond donors (Lipinski definition) is 2. The number of carbonyl (C=O) groups excluding carboxylic acids is 2. The van der Waals surface area contributed by atoms with Crippen molar-refractivity contribution in [3.63, 3.8) is 0 Å². The van der Waals surface area contributed by atoms with Crippen molar-refractivity contribution in [2.75, 3.05) is 17.2 Å². The van der Waals surface area contributed by atoms with Crippen molar-refractivity contribution < 1.29 is 14.0 Å². The van der Waals surface area contributed by atoms with Gasteiger partial charge in [-0.05, 0) is 36.2 Å². The molecule has 0 saturated carbocycles. The van der Waals surface area contributed by atoms with E-state index in [4.69, 9.17) is 0 Å². The van der Waals surface area contributed by atoms with Crippen molar-refractivity contribution in [3.8, 4) is 0 Å². The summed E-state index contributed by atoms with van der Waals surface area (Å²) in [6.07, 6.45) is 2.08. The number of rotatable bonds is 6. The Hall–Kier alpha value is -3.40. The molecule has 1 aliphatic heterocycles. The van der Waals surface area contributed by atoms with Crippen LogP contribution in [0.5, 0.6) is 0 Å². The van der Waals surface area contributed by atoms with Crippen LogP contribution in [0.15, 0.2) is 48.1 Å². The Morgan fingerprint density at radius 2 is 2.07 bits per heavy atom. The van der Waals surface area contributed by atoms with Crippen molar-refractivity contribution in [3.05, 3.63) is 65.0 Å². The summed E-state index contributed by atoms with van der Waals surface area (Å²) in [5.74, 6) is -0.149. The highest BCUT2D eigenvalue weighted by Crippen LogP contribution is 2.19. The Bertz CT molecular complexity index is 995. The maximum Gasteiger partial charge on any atom is 0.259 e. The van der Waals surface area contributed by atoms with E-state index in [0.29, 0.717) is 36.0 Å². The molecule has 8 nitrogen and oxygen atoms in total. The monoisotopic (exact) mass is 412 g/mol. The molecule has 3 heterocycles. The van der Waals surface area contributed by atoms with Gasteiger partial charge in [0.15, 0.2) is 0 Å². The molecule has 148 valence electrons. The van der Waals surface area contributed by atoms with E-state index < -0.39 is 0 Å². The van der Waals surface area contributed by atoms with Gasteiger partial charge in [-0.3, -0.25) is 14.9 Å². The first kappa shape index (κ1) is 18.9. The highest BCUT2D eigenvalue weighted by Gasteiger charge is 2.31. The number of amides is 2. The average Bonchev–Trinajstić information content (AvgIpc) is 3.35. The molecule has 1 atom stereocenters. The van der Waals surface area contributed by atoms with E-state index in [1.807, 2.05) is 0 Å². The SMILES string of the molecule is O=C(Nc1nncs1)c1ccc(NC2CCN(Cc3ccc(F)cc3)C2=O)nc1. The number of anilines is 2. The molecule has 1 aliphatic rings. The van der Waals surface area contributed by atoms with Crippen LogP contribution in [0.2, 0.25) is 0 Å². The van der Waals surface area contributed by atoms with Crippen LogP contribution in [0.25, 0.3) is 0 Å². The van der Waals surface area contributed by atoms with Gasteiger partial charge in [0.2, 0.25) is 11.0 Å². The predicted molar refractivity (Wildman–Crippen MR) is 106 cm³/mol. The largest absolute Gasteiger partial charge is 0.358 e. The summed E-state index contributed by atoms with van der Waals surface area (Å²) in [4.78, 5) is 30.7. The number of nitrogens with zero attached hydrogens (tertiary/aromatic N) is 4. The van der Waals surface area contributed by atoms with E-state index >= 15 is 0 Å². The number of benzene rings is 1. The first-order chi connectivity index (χ1) is 14.1. The molecule has 2 N–H and O–H groups in total. The second-order valence-corrected chi connectivity index (χ2v) is 7.34. The molecule has 0 aliphatic carbocycles. The molecule has 0 spiro atoms. The molecular formula is C19H17FN6O2S. The normalized spacial score (nSPS) is 16.1. The zero-order chi connectivity index (χ0) is 20.2. The Morgan fingerprint density at radius 1 is 1.24 bits per heavy atom. The number of pyridine rings is 1. The van der Waals surface area contributed by atoms with E-state index in [9.17, 15) is 14.0 Å². The van der Waals surface area contributed by atoms with Crippen LogP contribution in [-0.2, 0) is 11.3 Å². The maximum absolute atomic E-state index is 13.0. The standard InChI is InChI=1S/C19H17FN6O2S/c20-14-4-1-12(2-5-14)10-26-8-7-15(18(26)28)23-16-6-3-13(9-21-16)17(27)24-19-25-22-11-29-19/h1-6,9,11,15H,7-8,10H2,(H,21,23)(H,24,25,27). The van der Waals surface area contributed by atoms with Crippen LogP contribution in [0.4, 0.5) is 15.3 Å². The Kier molecular flexibility index (Phi) is 5.43. The lowest BCUT2D eigenvalue weighted by molar-refractivity contribution is -0.128. The fourth-order valence-corrected chi connectivity index (χ4v) is 3.47. The number of carbonyl (C=O) groups is 2. The van der Waals surface area contributed by atoms with E-state index in [1.54, 1.807) is 29.2 Å². The zero-order valence-electron chi connectivity index (χ0n) is 15.2. The number of halogens is 1. The summed E-state index contributed by atoms with van der Waals surface area (Å²) in [7, 11) is 0. The van der Waals surface area contributed by atoms with Gasteiger partial charge in [0, 0.05) is 19.3 Å². The Morgan fingerprint density at radius 3 is 2.76 bits per heavy atom. The number of hydrogen-bond acceptors (Lipinski definition) is 7. The van der Waals surface area contributed by atoms with E-state index in [2.05, 4.69) is 25.8 Å². The third kappa shape index (κ3) is 4.54. The second kappa shape index (κ2) is 8.31. The fraction of sp³-hybridized carbons (Fsp3) is 0.211. The van der Waals surface area contributed by atoms with Gasteiger partial charge >= 0.3 is 0 Å². The van der Waals surface area contributed by atoms with E-state index in [-0.39, 0.29) is 23.7 Å². The molecular weight excluding hydrogens is 395 g/mol. The van der Waals surface area contributed by atoms with Crippen LogP contribution in [0.3, 0.4) is 0 Å². The fourth-order valence-electron chi connectivity index (χ4n) is 3.03. The molecule has 4 rings (SSSR count). The van der Waals surface area contributed by atoms with Gasteiger partial charge in [0.1, 0.15) is 23.2 Å². The van der Waals surface area contributed by atoms with Crippen molar-refractivity contribution in [2.45, 2.75) is 19.0 Å². The van der Waals surface area contributed by atoms with Gasteiger partial charge in [0.05, 0.1) is 5.56 Å². The molecule has 1 aromatic carbocycles. The molecule has 29 heavy (non-hydrogen) atoms. The van der Waals surface area contributed by atoms with Crippen LogP contribution in [0.1, 0.15) is 22.3 Å². The van der Waals surface area contributed by atoms with Gasteiger partial charge in [-0.15, -0.1) is 10.2 Å². The third-order valence-corrected chi connectivity index (χ3v) is 5.12. The predicted octanol–water partition coefficient (Wildman–Crippen LogP) is 2.54. The zero-order valence-corrected chi connectivity index (χ0v) is 16.0. The van der Waals surface area contributed by atoms with Crippen molar-refractivity contribution in [2.24, 2.45) is 0 Å². The second-order valence-electron chi connectivity index (χ2n) is 6.50. The minimum Gasteiger partial charge on any atom is -0.358 e. The summed E-state index contributed by atoms with van der Waals surface area (Å²) in [6.45, 7) is 1.05. The first-order valence-electron chi connectivity index (χ1n) is 8.92. The van der Waals surface area contributed by atoms with Crippen molar-refractivity contribution >= 4 is 34.1 Å².